The van der Waals surface area contributed by atoms with Gasteiger partial charge in [0.25, 0.3) is 0 Å². The standard InChI is InChI=1S/C17H18O/c18-13-7-3-1-2-4-8-15-11-12-16-9-5-6-10-17(16)14-15/h1-2,4-6,8-12,14,18H,3,7,13H2/b2-1+,8-4+. The second-order valence-electron chi connectivity index (χ2n) is 4.26. The molecule has 1 N–H and O–H groups in total. The molecule has 0 saturated heterocycles. The first kappa shape index (κ1) is 12.6. The molecule has 0 radical (unpaired) electrons. The van der Waals surface area contributed by atoms with Crippen molar-refractivity contribution in [2.45, 2.75) is 12.8 Å². The molecule has 0 unspecified atom stereocenters. The molecule has 0 saturated carbocycles. The average Bonchev–Trinajstić information content (AvgIpc) is 2.42. The normalized spacial score (nSPS) is 11.8. The van der Waals surface area contributed by atoms with Crippen molar-refractivity contribution >= 4 is 16.8 Å². The molecule has 18 heavy (non-hydrogen) atoms. The van der Waals surface area contributed by atoms with Crippen molar-refractivity contribution in [3.63, 3.8) is 0 Å². The van der Waals surface area contributed by atoms with Gasteiger partial charge in [-0.1, -0.05) is 60.7 Å². The van der Waals surface area contributed by atoms with E-state index in [1.54, 1.807) is 0 Å². The van der Waals surface area contributed by atoms with Crippen LogP contribution < -0.4 is 0 Å². The number of allylic oxidation sites excluding steroid dienone is 3. The molecule has 0 heterocycles. The molecule has 0 spiro atoms. The summed E-state index contributed by atoms with van der Waals surface area (Å²) in [7, 11) is 0. The van der Waals surface area contributed by atoms with E-state index in [-0.39, 0.29) is 6.61 Å². The number of fused-ring (bicyclic) bond motifs is 1. The Bertz CT molecular complexity index is 552. The van der Waals surface area contributed by atoms with Gasteiger partial charge in [-0.2, -0.15) is 0 Å². The maximum Gasteiger partial charge on any atom is 0.0433 e. The van der Waals surface area contributed by atoms with Gasteiger partial charge in [0.2, 0.25) is 0 Å². The summed E-state index contributed by atoms with van der Waals surface area (Å²) < 4.78 is 0. The van der Waals surface area contributed by atoms with E-state index in [1.165, 1.54) is 16.3 Å². The third-order valence-electron chi connectivity index (χ3n) is 2.84. The second kappa shape index (κ2) is 6.77. The first-order chi connectivity index (χ1) is 8.90. The lowest BCUT2D eigenvalue weighted by atomic mass is 10.1. The third kappa shape index (κ3) is 3.57. The van der Waals surface area contributed by atoms with Crippen molar-refractivity contribution < 1.29 is 5.11 Å². The quantitative estimate of drug-likeness (QED) is 0.612. The summed E-state index contributed by atoms with van der Waals surface area (Å²) in [4.78, 5) is 0. The predicted octanol–water partition coefficient (Wildman–Crippen LogP) is 4.18. The van der Waals surface area contributed by atoms with Crippen LogP contribution in [0.15, 0.2) is 60.7 Å². The highest BCUT2D eigenvalue weighted by molar-refractivity contribution is 5.84. The summed E-state index contributed by atoms with van der Waals surface area (Å²) in [6, 6.07) is 14.8. The first-order valence-electron chi connectivity index (χ1n) is 6.33. The predicted molar refractivity (Wildman–Crippen MR) is 78.4 cm³/mol. The fraction of sp³-hybridized carbons (Fsp3) is 0.176. The van der Waals surface area contributed by atoms with Gasteiger partial charge in [-0.05, 0) is 35.2 Å². The minimum atomic E-state index is 0.263. The monoisotopic (exact) mass is 238 g/mol. The summed E-state index contributed by atoms with van der Waals surface area (Å²) >= 11 is 0. The highest BCUT2D eigenvalue weighted by atomic mass is 16.2. The Morgan fingerprint density at radius 3 is 2.61 bits per heavy atom. The van der Waals surface area contributed by atoms with E-state index >= 15 is 0 Å². The van der Waals surface area contributed by atoms with Gasteiger partial charge in [-0.15, -0.1) is 0 Å². The van der Waals surface area contributed by atoms with Crippen LogP contribution in [0.1, 0.15) is 18.4 Å². The van der Waals surface area contributed by atoms with Gasteiger partial charge < -0.3 is 5.11 Å². The van der Waals surface area contributed by atoms with E-state index in [9.17, 15) is 0 Å². The Hall–Kier alpha value is -1.86. The van der Waals surface area contributed by atoms with Crippen LogP contribution in [0.4, 0.5) is 0 Å². The number of aliphatic hydroxyl groups excluding tert-OH is 1. The van der Waals surface area contributed by atoms with Crippen molar-refractivity contribution in [3.05, 3.63) is 66.3 Å². The summed E-state index contributed by atoms with van der Waals surface area (Å²) in [6.07, 6.45) is 10.0. The highest BCUT2D eigenvalue weighted by Gasteiger charge is 1.91. The molecule has 2 aromatic rings. The molecule has 0 aromatic heterocycles. The largest absolute Gasteiger partial charge is 0.396 e. The van der Waals surface area contributed by atoms with Crippen LogP contribution in [-0.4, -0.2) is 11.7 Å². The maximum atomic E-state index is 8.65. The molecule has 0 aliphatic carbocycles. The molecule has 0 aliphatic rings. The number of rotatable bonds is 5. The zero-order valence-electron chi connectivity index (χ0n) is 10.4. The van der Waals surface area contributed by atoms with Gasteiger partial charge in [-0.3, -0.25) is 0 Å². The molecule has 92 valence electrons. The molecular formula is C17H18O. The molecule has 0 amide bonds. The maximum absolute atomic E-state index is 8.65. The fourth-order valence-corrected chi connectivity index (χ4v) is 1.86. The van der Waals surface area contributed by atoms with Gasteiger partial charge in [0, 0.05) is 6.61 Å². The van der Waals surface area contributed by atoms with Gasteiger partial charge in [0.1, 0.15) is 0 Å². The Morgan fingerprint density at radius 1 is 0.944 bits per heavy atom. The molecule has 0 bridgehead atoms. The zero-order valence-corrected chi connectivity index (χ0v) is 10.4. The molecule has 1 heteroatoms. The Morgan fingerprint density at radius 2 is 1.78 bits per heavy atom. The van der Waals surface area contributed by atoms with E-state index in [0.717, 1.165) is 12.8 Å². The molecule has 0 aliphatic heterocycles. The Labute approximate surface area is 108 Å². The topological polar surface area (TPSA) is 20.2 Å². The van der Waals surface area contributed by atoms with Crippen molar-refractivity contribution in [2.24, 2.45) is 0 Å². The summed E-state index contributed by atoms with van der Waals surface area (Å²) in [5, 5.41) is 11.2. The lowest BCUT2D eigenvalue weighted by molar-refractivity contribution is 0.289. The van der Waals surface area contributed by atoms with Crippen LogP contribution in [0.2, 0.25) is 0 Å². The van der Waals surface area contributed by atoms with E-state index in [0.29, 0.717) is 0 Å². The number of unbranched alkanes of at least 4 members (excludes halogenated alkanes) is 1. The van der Waals surface area contributed by atoms with Gasteiger partial charge >= 0.3 is 0 Å². The summed E-state index contributed by atoms with van der Waals surface area (Å²) in [5.74, 6) is 0. The molecule has 0 atom stereocenters. The SMILES string of the molecule is OCCC/C=C/C=C/c1ccc2ccccc2c1. The number of benzene rings is 2. The molecule has 2 aromatic carbocycles. The van der Waals surface area contributed by atoms with Crippen molar-refractivity contribution in [2.75, 3.05) is 6.61 Å². The highest BCUT2D eigenvalue weighted by Crippen LogP contribution is 2.16. The summed E-state index contributed by atoms with van der Waals surface area (Å²) in [5.41, 5.74) is 1.21. The summed E-state index contributed by atoms with van der Waals surface area (Å²) in [6.45, 7) is 0.263. The van der Waals surface area contributed by atoms with Crippen molar-refractivity contribution in [1.82, 2.24) is 0 Å². The second-order valence-corrected chi connectivity index (χ2v) is 4.26. The van der Waals surface area contributed by atoms with Crippen LogP contribution in [0, 0.1) is 0 Å². The smallest absolute Gasteiger partial charge is 0.0433 e. The van der Waals surface area contributed by atoms with E-state index < -0.39 is 0 Å². The Kier molecular flexibility index (Phi) is 4.74. The molecular weight excluding hydrogens is 220 g/mol. The lowest BCUT2D eigenvalue weighted by Crippen LogP contribution is -1.77. The number of aliphatic hydroxyl groups is 1. The molecule has 1 nitrogen and oxygen atoms in total. The minimum absolute atomic E-state index is 0.263. The third-order valence-corrected chi connectivity index (χ3v) is 2.84. The van der Waals surface area contributed by atoms with E-state index in [1.807, 2.05) is 12.2 Å². The van der Waals surface area contributed by atoms with Crippen LogP contribution in [0.5, 0.6) is 0 Å². The first-order valence-corrected chi connectivity index (χ1v) is 6.33. The van der Waals surface area contributed by atoms with Gasteiger partial charge in [-0.25, -0.2) is 0 Å². The zero-order chi connectivity index (χ0) is 12.6. The number of hydrogen-bond donors (Lipinski definition) is 1. The van der Waals surface area contributed by atoms with Crippen LogP contribution in [0.25, 0.3) is 16.8 Å². The Balaban J connectivity index is 2.03. The van der Waals surface area contributed by atoms with E-state index in [2.05, 4.69) is 54.6 Å². The average molecular weight is 238 g/mol. The minimum Gasteiger partial charge on any atom is -0.396 e. The van der Waals surface area contributed by atoms with Gasteiger partial charge in [0.15, 0.2) is 0 Å². The molecule has 2 rings (SSSR count). The van der Waals surface area contributed by atoms with Crippen LogP contribution >= 0.6 is 0 Å². The molecule has 0 fully saturated rings. The van der Waals surface area contributed by atoms with E-state index in [4.69, 9.17) is 5.11 Å². The van der Waals surface area contributed by atoms with Crippen molar-refractivity contribution in [1.29, 1.82) is 0 Å². The lowest BCUT2D eigenvalue weighted by Gasteiger charge is -1.98. The number of hydrogen-bond acceptors (Lipinski definition) is 1. The fourth-order valence-electron chi connectivity index (χ4n) is 1.86. The van der Waals surface area contributed by atoms with Crippen LogP contribution in [0.3, 0.4) is 0 Å². The van der Waals surface area contributed by atoms with Gasteiger partial charge in [0.05, 0.1) is 0 Å². The van der Waals surface area contributed by atoms with Crippen molar-refractivity contribution in [3.8, 4) is 0 Å². The van der Waals surface area contributed by atoms with Crippen LogP contribution in [-0.2, 0) is 0 Å².